The van der Waals surface area contributed by atoms with Crippen LogP contribution < -0.4 is 0 Å². The molecule has 0 fully saturated rings. The number of rotatable bonds is 0. The molecular weight excluding hydrogens is 395 g/mol. The van der Waals surface area contributed by atoms with E-state index in [-0.39, 0.29) is 91.4 Å². The van der Waals surface area contributed by atoms with Crippen molar-refractivity contribution in [3.8, 4) is 0 Å². The SMILES string of the molecule is CC(C)O.CC(C)O.CC(C)O.[Sm].[Y]. The van der Waals surface area contributed by atoms with Crippen molar-refractivity contribution in [1.29, 1.82) is 0 Å². The van der Waals surface area contributed by atoms with Crippen molar-refractivity contribution in [2.24, 2.45) is 0 Å². The Hall–Kier alpha value is 2.32. The van der Waals surface area contributed by atoms with Crippen LogP contribution in [0, 0.1) is 40.4 Å². The fourth-order valence-corrected chi connectivity index (χ4v) is 0. The summed E-state index contributed by atoms with van der Waals surface area (Å²) in [7, 11) is 0. The van der Waals surface area contributed by atoms with Crippen LogP contribution in [0.3, 0.4) is 0 Å². The maximum absolute atomic E-state index is 8.06. The summed E-state index contributed by atoms with van der Waals surface area (Å²) in [5.74, 6) is 0. The summed E-state index contributed by atoms with van der Waals surface area (Å²) in [5, 5.41) is 24.2. The fourth-order valence-electron chi connectivity index (χ4n) is 0. The Labute approximate surface area is 146 Å². The van der Waals surface area contributed by atoms with E-state index < -0.39 is 0 Å². The maximum Gasteiger partial charge on any atom is 0.0483 e. The van der Waals surface area contributed by atoms with Crippen molar-refractivity contribution < 1.29 is 88.4 Å². The second kappa shape index (κ2) is 24.5. The van der Waals surface area contributed by atoms with Crippen LogP contribution in [-0.2, 0) is 32.7 Å². The van der Waals surface area contributed by atoms with Gasteiger partial charge in [-0.25, -0.2) is 0 Å². The van der Waals surface area contributed by atoms with Gasteiger partial charge in [0.25, 0.3) is 0 Å². The molecule has 0 atom stereocenters. The first-order valence-electron chi connectivity index (χ1n) is 4.24. The zero-order valence-electron chi connectivity index (χ0n) is 10.1. The fraction of sp³-hybridized carbons (Fsp3) is 1.00. The maximum atomic E-state index is 8.06. The molecule has 0 bridgehead atoms. The average molecular weight is 420 g/mol. The summed E-state index contributed by atoms with van der Waals surface area (Å²) in [5.41, 5.74) is 0. The molecule has 0 aromatic rings. The Morgan fingerprint density at radius 1 is 0.571 bits per heavy atom. The van der Waals surface area contributed by atoms with Gasteiger partial charge in [-0.1, -0.05) is 0 Å². The smallest absolute Gasteiger partial charge is 0.0483 e. The molecule has 0 unspecified atom stereocenters. The molecule has 1 radical (unpaired) electrons. The van der Waals surface area contributed by atoms with Crippen LogP contribution in [0.15, 0.2) is 0 Å². The van der Waals surface area contributed by atoms with E-state index in [1.165, 1.54) is 0 Å². The molecule has 0 saturated carbocycles. The van der Waals surface area contributed by atoms with Gasteiger partial charge in [-0.2, -0.15) is 0 Å². The van der Waals surface area contributed by atoms with E-state index in [4.69, 9.17) is 15.3 Å². The molecule has 0 aliphatic heterocycles. The van der Waals surface area contributed by atoms with Gasteiger partial charge in [0, 0.05) is 91.4 Å². The first kappa shape index (κ1) is 29.9. The summed E-state index contributed by atoms with van der Waals surface area (Å²) >= 11 is 0. The molecule has 0 rings (SSSR count). The molecule has 3 N–H and O–H groups in total. The van der Waals surface area contributed by atoms with E-state index in [9.17, 15) is 0 Å². The standard InChI is InChI=1S/3C3H8O.Sm.Y/c3*1-3(2)4;;/h3*3-4H,1-2H3;;. The number of hydrogen-bond donors (Lipinski definition) is 3. The van der Waals surface area contributed by atoms with Crippen molar-refractivity contribution in [3.05, 3.63) is 0 Å². The monoisotopic (exact) mass is 421 g/mol. The third-order valence-electron chi connectivity index (χ3n) is 0. The number of aliphatic hydroxyl groups is 3. The normalized spacial score (nSPS) is 7.71. The summed E-state index contributed by atoms with van der Waals surface area (Å²) in [4.78, 5) is 0. The zero-order valence-corrected chi connectivity index (χ0v) is 15.5. The van der Waals surface area contributed by atoms with Gasteiger partial charge >= 0.3 is 0 Å². The molecule has 0 amide bonds. The van der Waals surface area contributed by atoms with Crippen LogP contribution >= 0.6 is 0 Å². The average Bonchev–Trinajstić information content (AvgIpc) is 1.54. The minimum Gasteiger partial charge on any atom is -0.394 e. The summed E-state index contributed by atoms with van der Waals surface area (Å²) in [6.07, 6.45) is -0.500. The van der Waals surface area contributed by atoms with Crippen molar-refractivity contribution in [3.63, 3.8) is 0 Å². The third-order valence-corrected chi connectivity index (χ3v) is 0. The predicted molar refractivity (Wildman–Crippen MR) is 52.1 cm³/mol. The Morgan fingerprint density at radius 2 is 0.571 bits per heavy atom. The van der Waals surface area contributed by atoms with Crippen LogP contribution in [0.4, 0.5) is 0 Å². The van der Waals surface area contributed by atoms with Crippen molar-refractivity contribution in [1.82, 2.24) is 0 Å². The number of hydrogen-bond acceptors (Lipinski definition) is 3. The minimum absolute atomic E-state index is 0. The van der Waals surface area contributed by atoms with Crippen molar-refractivity contribution in [2.45, 2.75) is 59.9 Å². The van der Waals surface area contributed by atoms with Gasteiger partial charge in [-0.05, 0) is 41.5 Å². The van der Waals surface area contributed by atoms with Crippen LogP contribution in [0.25, 0.3) is 0 Å². The van der Waals surface area contributed by atoms with Gasteiger partial charge in [-0.15, -0.1) is 0 Å². The van der Waals surface area contributed by atoms with E-state index in [0.29, 0.717) is 0 Å². The van der Waals surface area contributed by atoms with Gasteiger partial charge in [0.2, 0.25) is 0 Å². The van der Waals surface area contributed by atoms with Crippen LogP contribution in [0.2, 0.25) is 0 Å². The molecule has 0 aliphatic rings. The predicted octanol–water partition coefficient (Wildman–Crippen LogP) is 1.16. The largest absolute Gasteiger partial charge is 0.394 e. The van der Waals surface area contributed by atoms with Gasteiger partial charge in [-0.3, -0.25) is 0 Å². The first-order chi connectivity index (χ1) is 5.20. The second-order valence-corrected chi connectivity index (χ2v) is 3.28. The molecular formula is C9H24O3SmY. The zero-order chi connectivity index (χ0) is 10.7. The van der Waals surface area contributed by atoms with Gasteiger partial charge in [0.1, 0.15) is 0 Å². The van der Waals surface area contributed by atoms with Crippen LogP contribution in [0.1, 0.15) is 41.5 Å². The first-order valence-corrected chi connectivity index (χ1v) is 4.24. The van der Waals surface area contributed by atoms with E-state index >= 15 is 0 Å². The van der Waals surface area contributed by atoms with Gasteiger partial charge in [0.15, 0.2) is 0 Å². The molecule has 0 saturated heterocycles. The number of aliphatic hydroxyl groups excluding tert-OH is 3. The molecule has 3 nitrogen and oxygen atoms in total. The third kappa shape index (κ3) is 472. The summed E-state index contributed by atoms with van der Waals surface area (Å²) in [6, 6.07) is 0. The van der Waals surface area contributed by atoms with Crippen molar-refractivity contribution in [2.75, 3.05) is 0 Å². The van der Waals surface area contributed by atoms with Crippen molar-refractivity contribution >= 4 is 0 Å². The van der Waals surface area contributed by atoms with E-state index in [2.05, 4.69) is 0 Å². The second-order valence-electron chi connectivity index (χ2n) is 3.28. The van der Waals surface area contributed by atoms with E-state index in [1.54, 1.807) is 41.5 Å². The van der Waals surface area contributed by atoms with Gasteiger partial charge < -0.3 is 15.3 Å². The summed E-state index contributed by atoms with van der Waals surface area (Å²) < 4.78 is 0. The minimum atomic E-state index is -0.167. The van der Waals surface area contributed by atoms with Crippen LogP contribution in [-0.4, -0.2) is 33.6 Å². The Kier molecular flexibility index (Phi) is 52.3. The Balaban J connectivity index is -0.0000000270. The molecule has 5 heteroatoms. The van der Waals surface area contributed by atoms with E-state index in [0.717, 1.165) is 0 Å². The quantitative estimate of drug-likeness (QED) is 0.552. The molecule has 0 spiro atoms. The van der Waals surface area contributed by atoms with Crippen LogP contribution in [0.5, 0.6) is 0 Å². The molecule has 0 aliphatic carbocycles. The molecule has 0 heterocycles. The molecule has 87 valence electrons. The Morgan fingerprint density at radius 3 is 0.571 bits per heavy atom. The van der Waals surface area contributed by atoms with E-state index in [1.807, 2.05) is 0 Å². The molecule has 0 aromatic carbocycles. The molecule has 14 heavy (non-hydrogen) atoms. The summed E-state index contributed by atoms with van der Waals surface area (Å²) in [6.45, 7) is 10.3. The topological polar surface area (TPSA) is 60.7 Å². The Bertz CT molecular complexity index is 48.5. The molecule has 0 aromatic heterocycles. The van der Waals surface area contributed by atoms with Gasteiger partial charge in [0.05, 0.1) is 0 Å².